The van der Waals surface area contributed by atoms with Crippen LogP contribution in [0.3, 0.4) is 0 Å². The van der Waals surface area contributed by atoms with Crippen molar-refractivity contribution in [2.24, 2.45) is 17.6 Å². The van der Waals surface area contributed by atoms with Crippen molar-refractivity contribution >= 4 is 52.2 Å². The highest BCUT2D eigenvalue weighted by molar-refractivity contribution is 5.95. The number of primary amides is 1. The number of aromatic carboxylic acids is 1. The average molecular weight is 882 g/mol. The molecule has 2 aliphatic heterocycles. The quantitative estimate of drug-likeness (QED) is 0.0603. The molecule has 0 unspecified atom stereocenters. The van der Waals surface area contributed by atoms with Gasteiger partial charge in [-0.25, -0.2) is 18.8 Å². The zero-order chi connectivity index (χ0) is 45.3. The second-order valence-electron chi connectivity index (χ2n) is 16.0. The largest absolute Gasteiger partial charge is 0.477 e. The van der Waals surface area contributed by atoms with Crippen LogP contribution in [-0.2, 0) is 38.8 Å². The third-order valence-electron chi connectivity index (χ3n) is 11.6. The summed E-state index contributed by atoms with van der Waals surface area (Å²) < 4.78 is 28.1. The van der Waals surface area contributed by atoms with Crippen molar-refractivity contribution in [2.45, 2.75) is 64.8 Å². The van der Waals surface area contributed by atoms with Crippen LogP contribution in [0.5, 0.6) is 0 Å². The number of aryl methyl sites for hydroxylation is 1. The van der Waals surface area contributed by atoms with E-state index in [4.69, 9.17) is 15.2 Å². The van der Waals surface area contributed by atoms with Crippen molar-refractivity contribution < 1.29 is 42.9 Å². The number of carboxylic acids is 1. The number of nitrogens with zero attached hydrogens (tertiary/aromatic N) is 4. The van der Waals surface area contributed by atoms with E-state index in [9.17, 15) is 33.9 Å². The van der Waals surface area contributed by atoms with Crippen LogP contribution in [-0.4, -0.2) is 88.3 Å². The highest BCUT2D eigenvalue weighted by atomic mass is 19.1. The molecule has 3 aliphatic rings. The second-order valence-corrected chi connectivity index (χ2v) is 16.0. The smallest absolute Gasteiger partial charge is 0.410 e. The van der Waals surface area contributed by atoms with E-state index in [-0.39, 0.29) is 68.1 Å². The number of aromatic nitrogens is 1. The van der Waals surface area contributed by atoms with Gasteiger partial charge in [-0.1, -0.05) is 42.5 Å². The fraction of sp³-hybridized carbons (Fsp3) is 0.378. The molecule has 1 aromatic heterocycles. The van der Waals surface area contributed by atoms with Crippen LogP contribution >= 0.6 is 0 Å². The molecule has 7 N–H and O–H groups in total. The van der Waals surface area contributed by atoms with Crippen LogP contribution in [0, 0.1) is 17.7 Å². The standard InChI is InChI=1S/C45H52FN9O9/c1-2-52-24-34(43(59)60)41(57)33-21-35(46)39(23-38(33)52)53-17-19-54(20-18-53)45(62)64-27-29-10-14-31(15-11-29)49-42(58)37(9-6-16-48-44(47)61)55-25-36(50-51-55)32(30-12-13-30)22-40(56)63-26-28-7-4-3-5-8-28/h3-5,7-8,10-11,14-15,21,23-25,30,32,37,50-51H,2,6,9,12-13,16-20,22,26-27H2,1H3,(H,49,58)(H,59,60)(H3,47,48,61)/t32-,37-/m0/s1. The van der Waals surface area contributed by atoms with E-state index in [1.807, 2.05) is 36.5 Å². The number of hydrogen-bond donors (Lipinski definition) is 6. The third-order valence-corrected chi connectivity index (χ3v) is 11.6. The van der Waals surface area contributed by atoms with Crippen LogP contribution in [0.4, 0.5) is 25.4 Å². The van der Waals surface area contributed by atoms with E-state index in [0.29, 0.717) is 55.2 Å². The van der Waals surface area contributed by atoms with Crippen LogP contribution in [0.25, 0.3) is 10.9 Å². The van der Waals surface area contributed by atoms with Crippen LogP contribution in [0.1, 0.15) is 60.5 Å². The van der Waals surface area contributed by atoms with Crippen molar-refractivity contribution in [3.63, 3.8) is 0 Å². The minimum Gasteiger partial charge on any atom is -0.477 e. The summed E-state index contributed by atoms with van der Waals surface area (Å²) in [7, 11) is 0. The third kappa shape index (κ3) is 11.1. The van der Waals surface area contributed by atoms with Gasteiger partial charge in [0, 0.05) is 74.4 Å². The first-order valence-corrected chi connectivity index (χ1v) is 21.3. The molecule has 338 valence electrons. The van der Waals surface area contributed by atoms with E-state index in [0.717, 1.165) is 30.2 Å². The number of hydrogen-bond acceptors (Lipinski definition) is 12. The number of nitrogens with two attached hydrogens (primary N) is 1. The van der Waals surface area contributed by atoms with Gasteiger partial charge in [-0.05, 0) is 73.9 Å². The molecule has 2 fully saturated rings. The van der Waals surface area contributed by atoms with Gasteiger partial charge >= 0.3 is 24.1 Å². The van der Waals surface area contributed by atoms with Gasteiger partial charge in [0.05, 0.1) is 17.6 Å². The maximum Gasteiger partial charge on any atom is 0.410 e. The van der Waals surface area contributed by atoms with E-state index in [2.05, 4.69) is 21.6 Å². The normalized spacial score (nSPS) is 15.8. The maximum absolute atomic E-state index is 15.4. The zero-order valence-electron chi connectivity index (χ0n) is 35.4. The Hall–Kier alpha value is -7.15. The molecule has 19 heteroatoms. The lowest BCUT2D eigenvalue weighted by atomic mass is 9.96. The number of anilines is 2. The Labute approximate surface area is 368 Å². The lowest BCUT2D eigenvalue weighted by molar-refractivity contribution is -0.146. The van der Waals surface area contributed by atoms with Crippen molar-refractivity contribution in [3.05, 3.63) is 118 Å². The number of fused-ring (bicyclic) bond motifs is 1. The summed E-state index contributed by atoms with van der Waals surface area (Å²) in [5.74, 6) is -2.51. The van der Waals surface area contributed by atoms with Crippen molar-refractivity contribution in [2.75, 3.05) is 42.9 Å². The molecule has 7 rings (SSSR count). The van der Waals surface area contributed by atoms with E-state index >= 15 is 4.39 Å². The predicted octanol–water partition coefficient (Wildman–Crippen LogP) is 4.40. The number of allylic oxidation sites excluding steroid dienone is 1. The summed E-state index contributed by atoms with van der Waals surface area (Å²) >= 11 is 0. The Kier molecular flexibility index (Phi) is 14.3. The van der Waals surface area contributed by atoms with Gasteiger partial charge in [0.15, 0.2) is 0 Å². The number of pyridine rings is 1. The number of piperazine rings is 1. The average Bonchev–Trinajstić information content (AvgIpc) is 4.03. The summed E-state index contributed by atoms with van der Waals surface area (Å²) in [6, 6.07) is 17.6. The summed E-state index contributed by atoms with van der Waals surface area (Å²) in [5, 5.41) is 16.6. The van der Waals surface area contributed by atoms with Gasteiger partial charge in [-0.3, -0.25) is 19.4 Å². The van der Waals surface area contributed by atoms with Gasteiger partial charge in [-0.15, -0.1) is 5.53 Å². The fourth-order valence-electron chi connectivity index (χ4n) is 7.94. The number of amides is 4. The topological polar surface area (TPSA) is 230 Å². The molecule has 3 aromatic carbocycles. The first-order valence-electron chi connectivity index (χ1n) is 21.3. The van der Waals surface area contributed by atoms with Gasteiger partial charge in [0.1, 0.15) is 30.6 Å². The Morgan fingerprint density at radius 1 is 0.953 bits per heavy atom. The molecule has 4 amide bonds. The number of esters is 1. The summed E-state index contributed by atoms with van der Waals surface area (Å²) in [6.45, 7) is 3.67. The molecular weight excluding hydrogens is 830 g/mol. The number of carbonyl (C=O) groups is 5. The first-order chi connectivity index (χ1) is 30.9. The highest BCUT2D eigenvalue weighted by Crippen LogP contribution is 2.42. The molecule has 0 spiro atoms. The molecule has 3 heterocycles. The van der Waals surface area contributed by atoms with Crippen molar-refractivity contribution in [1.82, 2.24) is 30.8 Å². The Balaban J connectivity index is 0.921. The Bertz CT molecular complexity index is 2450. The Morgan fingerprint density at radius 3 is 2.33 bits per heavy atom. The van der Waals surface area contributed by atoms with Gasteiger partial charge in [-0.2, -0.15) is 0 Å². The SMILES string of the molecule is CCn1cc(C(=O)O)c(=O)c2cc(F)c(N3CCN(C(=O)OCc4ccc(NC(=O)[C@H](CCCNC(N)=O)N5C=C([C@@H](CC(=O)OCc6ccccc6)C6CC6)NN5)cc4)CC3)cc21. The fourth-order valence-corrected chi connectivity index (χ4v) is 7.94. The number of carboxylic acid groups (broad SMARTS) is 1. The Morgan fingerprint density at radius 2 is 1.66 bits per heavy atom. The number of benzene rings is 3. The zero-order valence-corrected chi connectivity index (χ0v) is 35.4. The molecular formula is C45H52FN9O9. The van der Waals surface area contributed by atoms with Crippen LogP contribution in [0.15, 0.2) is 89.6 Å². The van der Waals surface area contributed by atoms with Gasteiger partial charge < -0.3 is 50.7 Å². The molecule has 1 saturated heterocycles. The van der Waals surface area contributed by atoms with E-state index in [1.165, 1.54) is 11.1 Å². The minimum absolute atomic E-state index is 0.0189. The maximum atomic E-state index is 15.4. The van der Waals surface area contributed by atoms with E-state index in [1.54, 1.807) is 51.7 Å². The summed E-state index contributed by atoms with van der Waals surface area (Å²) in [6.07, 6.45) is 5.45. The molecule has 1 saturated carbocycles. The lowest BCUT2D eigenvalue weighted by Crippen LogP contribution is -2.49. The molecule has 1 aliphatic carbocycles. The first kappa shape index (κ1) is 44.9. The van der Waals surface area contributed by atoms with Crippen molar-refractivity contribution in [3.8, 4) is 0 Å². The lowest BCUT2D eigenvalue weighted by Gasteiger charge is -2.35. The predicted molar refractivity (Wildman–Crippen MR) is 234 cm³/mol. The van der Waals surface area contributed by atoms with E-state index < -0.39 is 40.9 Å². The minimum atomic E-state index is -1.38. The number of carbonyl (C=O) groups excluding carboxylic acids is 4. The van der Waals surface area contributed by atoms with Crippen LogP contribution < -0.4 is 37.7 Å². The van der Waals surface area contributed by atoms with Crippen molar-refractivity contribution in [1.29, 1.82) is 0 Å². The number of nitrogens with one attached hydrogen (secondary N) is 4. The molecule has 2 atom stereocenters. The number of ether oxygens (including phenoxy) is 2. The molecule has 64 heavy (non-hydrogen) atoms. The highest BCUT2D eigenvalue weighted by Gasteiger charge is 2.39. The number of rotatable bonds is 18. The molecule has 0 radical (unpaired) electrons. The van der Waals surface area contributed by atoms with Crippen LogP contribution in [0.2, 0.25) is 0 Å². The summed E-state index contributed by atoms with van der Waals surface area (Å²) in [5.41, 5.74) is 13.8. The number of halogens is 1. The van der Waals surface area contributed by atoms with Gasteiger partial charge in [0.2, 0.25) is 11.3 Å². The monoisotopic (exact) mass is 881 g/mol. The molecule has 4 aromatic rings. The second kappa shape index (κ2) is 20.4. The van der Waals surface area contributed by atoms with Gasteiger partial charge in [0.25, 0.3) is 0 Å². The number of urea groups is 1. The molecule has 0 bridgehead atoms. The molecule has 18 nitrogen and oxygen atoms in total. The summed E-state index contributed by atoms with van der Waals surface area (Å²) in [4.78, 5) is 78.8. The number of hydrazine groups is 2.